The summed E-state index contributed by atoms with van der Waals surface area (Å²) in [5, 5.41) is 7.69. The quantitative estimate of drug-likeness (QED) is 0.930. The molecule has 0 amide bonds. The van der Waals surface area contributed by atoms with E-state index in [0.29, 0.717) is 6.04 Å². The van der Waals surface area contributed by atoms with Crippen molar-refractivity contribution in [2.75, 3.05) is 26.9 Å². The van der Waals surface area contributed by atoms with Crippen LogP contribution in [-0.4, -0.2) is 53.6 Å². The molecule has 3 heterocycles. The first-order valence-electron chi connectivity index (χ1n) is 8.85. The van der Waals surface area contributed by atoms with Crippen LogP contribution in [0.3, 0.4) is 0 Å². The summed E-state index contributed by atoms with van der Waals surface area (Å²) in [7, 11) is 2.22. The van der Waals surface area contributed by atoms with Gasteiger partial charge in [-0.15, -0.1) is 0 Å². The number of H-pyrrole nitrogens is 1. The van der Waals surface area contributed by atoms with Crippen LogP contribution < -0.4 is 0 Å². The van der Waals surface area contributed by atoms with E-state index in [0.717, 1.165) is 57.7 Å². The molecule has 0 bridgehead atoms. The van der Waals surface area contributed by atoms with Crippen LogP contribution in [0.2, 0.25) is 0 Å². The molecule has 0 unspecified atom stereocenters. The van der Waals surface area contributed by atoms with Crippen LogP contribution in [0.4, 0.5) is 0 Å². The lowest BCUT2D eigenvalue weighted by Crippen LogP contribution is -2.50. The van der Waals surface area contributed by atoms with Crippen molar-refractivity contribution in [1.29, 1.82) is 0 Å². The fourth-order valence-electron chi connectivity index (χ4n) is 3.69. The molecule has 1 aromatic heterocycles. The Balaban J connectivity index is 1.61. The van der Waals surface area contributed by atoms with Gasteiger partial charge in [0.1, 0.15) is 0 Å². The minimum Gasteiger partial charge on any atom is -0.381 e. The molecule has 5 heteroatoms. The van der Waals surface area contributed by atoms with Crippen molar-refractivity contribution in [3.63, 3.8) is 0 Å². The van der Waals surface area contributed by atoms with Crippen molar-refractivity contribution in [2.24, 2.45) is 0 Å². The van der Waals surface area contributed by atoms with Gasteiger partial charge in [-0.25, -0.2) is 0 Å². The Kier molecular flexibility index (Phi) is 4.81. The number of nitrogens with one attached hydrogen (secondary N) is 1. The lowest BCUT2D eigenvalue weighted by atomic mass is 9.83. The molecule has 1 aromatic rings. The molecule has 0 aliphatic carbocycles. The van der Waals surface area contributed by atoms with Gasteiger partial charge in [0.15, 0.2) is 0 Å². The fraction of sp³-hybridized carbons (Fsp3) is 0.833. The average molecular weight is 321 g/mol. The first-order valence-corrected chi connectivity index (χ1v) is 8.85. The highest BCUT2D eigenvalue weighted by molar-refractivity contribution is 5.16. The van der Waals surface area contributed by atoms with Crippen LogP contribution in [0.5, 0.6) is 0 Å². The molecule has 0 radical (unpaired) electrons. The number of nitrogens with zero attached hydrogens (tertiary/aromatic N) is 2. The molecule has 0 saturated carbocycles. The Morgan fingerprint density at radius 2 is 2.04 bits per heavy atom. The van der Waals surface area contributed by atoms with E-state index < -0.39 is 0 Å². The van der Waals surface area contributed by atoms with Crippen molar-refractivity contribution in [3.8, 4) is 0 Å². The normalized spacial score (nSPS) is 25.2. The molecule has 2 saturated heterocycles. The molecule has 23 heavy (non-hydrogen) atoms. The maximum Gasteiger partial charge on any atom is 0.0741 e. The molecule has 2 aliphatic heterocycles. The van der Waals surface area contributed by atoms with Crippen LogP contribution >= 0.6 is 0 Å². The van der Waals surface area contributed by atoms with E-state index >= 15 is 0 Å². The van der Waals surface area contributed by atoms with Gasteiger partial charge < -0.3 is 9.47 Å². The standard InChI is InChI=1S/C18H31N3O2/c1-17(2,3)16-11-14(19-20-16)13-21(4)15-5-8-23-18(12-15)6-9-22-10-7-18/h11,15H,5-10,12-13H2,1-4H3,(H,19,20)/t15-/m0/s1. The predicted molar refractivity (Wildman–Crippen MR) is 90.5 cm³/mol. The average Bonchev–Trinajstić information content (AvgIpc) is 2.97. The van der Waals surface area contributed by atoms with Gasteiger partial charge in [0.05, 0.1) is 11.3 Å². The van der Waals surface area contributed by atoms with E-state index in [9.17, 15) is 0 Å². The van der Waals surface area contributed by atoms with Crippen molar-refractivity contribution >= 4 is 0 Å². The SMILES string of the molecule is CN(Cc1cc(C(C)(C)C)n[nH]1)[C@H]1CCOC2(CCOCC2)C1. The van der Waals surface area contributed by atoms with Crippen LogP contribution in [0.25, 0.3) is 0 Å². The Morgan fingerprint density at radius 1 is 1.30 bits per heavy atom. The summed E-state index contributed by atoms with van der Waals surface area (Å²) in [4.78, 5) is 2.46. The number of hydrogen-bond donors (Lipinski definition) is 1. The highest BCUT2D eigenvalue weighted by Crippen LogP contribution is 2.36. The number of aromatic nitrogens is 2. The predicted octanol–water partition coefficient (Wildman–Crippen LogP) is 2.87. The third kappa shape index (κ3) is 3.95. The summed E-state index contributed by atoms with van der Waals surface area (Å²) in [5.41, 5.74) is 2.48. The number of ether oxygens (including phenoxy) is 2. The monoisotopic (exact) mass is 321 g/mol. The topological polar surface area (TPSA) is 50.4 Å². The molecular weight excluding hydrogens is 290 g/mol. The number of rotatable bonds is 3. The molecule has 1 N–H and O–H groups in total. The molecule has 1 atom stereocenters. The highest BCUT2D eigenvalue weighted by atomic mass is 16.5. The molecule has 2 fully saturated rings. The number of aromatic amines is 1. The molecular formula is C18H31N3O2. The molecule has 1 spiro atoms. The van der Waals surface area contributed by atoms with Gasteiger partial charge in [0.25, 0.3) is 0 Å². The highest BCUT2D eigenvalue weighted by Gasteiger charge is 2.40. The van der Waals surface area contributed by atoms with Crippen molar-refractivity contribution < 1.29 is 9.47 Å². The Morgan fingerprint density at radius 3 is 2.70 bits per heavy atom. The van der Waals surface area contributed by atoms with Gasteiger partial charge in [-0.1, -0.05) is 20.8 Å². The summed E-state index contributed by atoms with van der Waals surface area (Å²) in [6, 6.07) is 2.78. The van der Waals surface area contributed by atoms with E-state index in [1.807, 2.05) is 0 Å². The van der Waals surface area contributed by atoms with Gasteiger partial charge in [0, 0.05) is 43.5 Å². The molecule has 2 aliphatic rings. The minimum atomic E-state index is 0.0555. The minimum absolute atomic E-state index is 0.0555. The first-order chi connectivity index (χ1) is 10.9. The van der Waals surface area contributed by atoms with Crippen LogP contribution in [-0.2, 0) is 21.4 Å². The van der Waals surface area contributed by atoms with Gasteiger partial charge in [-0.2, -0.15) is 5.10 Å². The van der Waals surface area contributed by atoms with E-state index in [-0.39, 0.29) is 11.0 Å². The van der Waals surface area contributed by atoms with Crippen molar-refractivity contribution in [3.05, 3.63) is 17.5 Å². The largest absolute Gasteiger partial charge is 0.381 e. The van der Waals surface area contributed by atoms with Crippen LogP contribution in [0, 0.1) is 0 Å². The van der Waals surface area contributed by atoms with E-state index in [1.165, 1.54) is 5.69 Å². The van der Waals surface area contributed by atoms with Crippen LogP contribution in [0.1, 0.15) is 57.8 Å². The molecule has 3 rings (SSSR count). The second-order valence-corrected chi connectivity index (χ2v) is 8.23. The second kappa shape index (κ2) is 6.54. The van der Waals surface area contributed by atoms with Gasteiger partial charge >= 0.3 is 0 Å². The lowest BCUT2D eigenvalue weighted by molar-refractivity contribution is -0.150. The third-order valence-electron chi connectivity index (χ3n) is 5.31. The zero-order valence-corrected chi connectivity index (χ0v) is 15.0. The van der Waals surface area contributed by atoms with Gasteiger partial charge in [-0.3, -0.25) is 10.00 Å². The fourth-order valence-corrected chi connectivity index (χ4v) is 3.69. The van der Waals surface area contributed by atoms with Crippen molar-refractivity contribution in [1.82, 2.24) is 15.1 Å². The van der Waals surface area contributed by atoms with Crippen LogP contribution in [0.15, 0.2) is 6.07 Å². The maximum atomic E-state index is 6.16. The van der Waals surface area contributed by atoms with Crippen molar-refractivity contribution in [2.45, 2.75) is 70.1 Å². The van der Waals surface area contributed by atoms with E-state index in [4.69, 9.17) is 9.47 Å². The first kappa shape index (κ1) is 16.9. The maximum absolute atomic E-state index is 6.16. The lowest BCUT2D eigenvalue weighted by Gasteiger charge is -2.45. The van der Waals surface area contributed by atoms with Gasteiger partial charge in [-0.05, 0) is 38.8 Å². The van der Waals surface area contributed by atoms with E-state index in [2.05, 4.69) is 49.0 Å². The summed E-state index contributed by atoms with van der Waals surface area (Å²) < 4.78 is 11.7. The molecule has 0 aromatic carbocycles. The zero-order valence-electron chi connectivity index (χ0n) is 15.0. The Bertz CT molecular complexity index is 509. The summed E-state index contributed by atoms with van der Waals surface area (Å²) >= 11 is 0. The molecule has 5 nitrogen and oxygen atoms in total. The smallest absolute Gasteiger partial charge is 0.0741 e. The number of hydrogen-bond acceptors (Lipinski definition) is 4. The molecule has 130 valence electrons. The summed E-state index contributed by atoms with van der Waals surface area (Å²) in [6.45, 7) is 10.1. The van der Waals surface area contributed by atoms with E-state index in [1.54, 1.807) is 0 Å². The Hall–Kier alpha value is -0.910. The summed E-state index contributed by atoms with van der Waals surface area (Å²) in [6.07, 6.45) is 4.30. The second-order valence-electron chi connectivity index (χ2n) is 8.23. The summed E-state index contributed by atoms with van der Waals surface area (Å²) in [5.74, 6) is 0. The third-order valence-corrected chi connectivity index (χ3v) is 5.31. The zero-order chi connectivity index (χ0) is 16.5. The van der Waals surface area contributed by atoms with Gasteiger partial charge in [0.2, 0.25) is 0 Å². The Labute approximate surface area is 139 Å².